The molecule has 0 saturated heterocycles. The third kappa shape index (κ3) is 3.74. The molecule has 0 aliphatic heterocycles. The third-order valence-corrected chi connectivity index (χ3v) is 3.82. The monoisotopic (exact) mass is 247 g/mol. The summed E-state index contributed by atoms with van der Waals surface area (Å²) in [6.45, 7) is 2.20. The van der Waals surface area contributed by atoms with Gasteiger partial charge in [-0.05, 0) is 37.0 Å². The van der Waals surface area contributed by atoms with Gasteiger partial charge in [0.1, 0.15) is 0 Å². The van der Waals surface area contributed by atoms with Crippen LogP contribution in [0, 0.1) is 0 Å². The van der Waals surface area contributed by atoms with Gasteiger partial charge in [-0.25, -0.2) is 0 Å². The first-order valence-electron chi connectivity index (χ1n) is 7.33. The smallest absolute Gasteiger partial charge is 0.0741 e. The fourth-order valence-corrected chi connectivity index (χ4v) is 2.73. The fourth-order valence-electron chi connectivity index (χ4n) is 2.73. The first-order valence-corrected chi connectivity index (χ1v) is 7.33. The second-order valence-electron chi connectivity index (χ2n) is 5.40. The Morgan fingerprint density at radius 3 is 2.56 bits per heavy atom. The normalized spacial score (nSPS) is 24.6. The van der Waals surface area contributed by atoms with E-state index in [0.29, 0.717) is 0 Å². The Bertz CT molecular complexity index is 347. The Labute approximate surface area is 110 Å². The van der Waals surface area contributed by atoms with Crippen LogP contribution in [0.15, 0.2) is 24.3 Å². The maximum Gasteiger partial charge on any atom is 0.0741 e. The van der Waals surface area contributed by atoms with E-state index in [9.17, 15) is 5.11 Å². The molecule has 2 nitrogen and oxygen atoms in total. The highest BCUT2D eigenvalue weighted by molar-refractivity contribution is 5.45. The van der Waals surface area contributed by atoms with Crippen molar-refractivity contribution in [2.45, 2.75) is 64.0 Å². The number of anilines is 1. The van der Waals surface area contributed by atoms with E-state index in [1.165, 1.54) is 24.8 Å². The van der Waals surface area contributed by atoms with Crippen LogP contribution in [0.2, 0.25) is 0 Å². The summed E-state index contributed by atoms with van der Waals surface area (Å²) < 4.78 is 0. The predicted molar refractivity (Wildman–Crippen MR) is 76.9 cm³/mol. The molecular weight excluding hydrogens is 222 g/mol. The average Bonchev–Trinajstić information content (AvgIpc) is 2.58. The summed E-state index contributed by atoms with van der Waals surface area (Å²) in [5, 5.41) is 13.6. The van der Waals surface area contributed by atoms with Gasteiger partial charge in [-0.3, -0.25) is 0 Å². The van der Waals surface area contributed by atoms with Crippen molar-refractivity contribution >= 4 is 5.69 Å². The molecule has 0 radical (unpaired) electrons. The Hall–Kier alpha value is -1.02. The van der Waals surface area contributed by atoms with E-state index in [-0.39, 0.29) is 12.1 Å². The molecule has 2 heteroatoms. The van der Waals surface area contributed by atoms with E-state index in [4.69, 9.17) is 0 Å². The number of hydrogen-bond donors (Lipinski definition) is 2. The minimum absolute atomic E-state index is 0.192. The molecule has 1 aliphatic rings. The van der Waals surface area contributed by atoms with Crippen molar-refractivity contribution in [3.63, 3.8) is 0 Å². The van der Waals surface area contributed by atoms with Gasteiger partial charge in [-0.2, -0.15) is 0 Å². The molecule has 1 aromatic carbocycles. The average molecular weight is 247 g/mol. The molecule has 2 N–H and O–H groups in total. The fraction of sp³-hybridized carbons (Fsp3) is 0.625. The molecule has 2 unspecified atom stereocenters. The van der Waals surface area contributed by atoms with Crippen molar-refractivity contribution in [2.75, 3.05) is 5.32 Å². The Morgan fingerprint density at radius 1 is 1.11 bits per heavy atom. The first-order chi connectivity index (χ1) is 8.79. The van der Waals surface area contributed by atoms with Crippen molar-refractivity contribution in [3.8, 4) is 0 Å². The van der Waals surface area contributed by atoms with Crippen LogP contribution in [-0.4, -0.2) is 17.3 Å². The van der Waals surface area contributed by atoms with Crippen molar-refractivity contribution in [3.05, 3.63) is 29.8 Å². The summed E-state index contributed by atoms with van der Waals surface area (Å²) in [5.74, 6) is 0. The summed E-state index contributed by atoms with van der Waals surface area (Å²) in [6.07, 6.45) is 7.80. The maximum absolute atomic E-state index is 10.1. The summed E-state index contributed by atoms with van der Waals surface area (Å²) in [7, 11) is 0. The van der Waals surface area contributed by atoms with Gasteiger partial charge >= 0.3 is 0 Å². The Kier molecular flexibility index (Phi) is 5.06. The molecule has 100 valence electrons. The minimum Gasteiger partial charge on any atom is -0.391 e. The van der Waals surface area contributed by atoms with E-state index < -0.39 is 0 Å². The van der Waals surface area contributed by atoms with E-state index in [1.54, 1.807) is 0 Å². The lowest BCUT2D eigenvalue weighted by Crippen LogP contribution is -2.32. The van der Waals surface area contributed by atoms with Crippen molar-refractivity contribution < 1.29 is 5.11 Å². The predicted octanol–water partition coefficient (Wildman–Crippen LogP) is 3.74. The van der Waals surface area contributed by atoms with Crippen LogP contribution in [-0.2, 0) is 6.42 Å². The van der Waals surface area contributed by atoms with E-state index in [1.807, 2.05) is 0 Å². The lowest BCUT2D eigenvalue weighted by atomic mass is 10.0. The van der Waals surface area contributed by atoms with Crippen LogP contribution in [0.1, 0.15) is 51.0 Å². The van der Waals surface area contributed by atoms with Gasteiger partial charge in [-0.15, -0.1) is 0 Å². The van der Waals surface area contributed by atoms with Gasteiger partial charge in [0.25, 0.3) is 0 Å². The number of nitrogens with one attached hydrogen (secondary N) is 1. The van der Waals surface area contributed by atoms with Gasteiger partial charge in [0.15, 0.2) is 0 Å². The second-order valence-corrected chi connectivity index (χ2v) is 5.40. The van der Waals surface area contributed by atoms with Crippen LogP contribution in [0.4, 0.5) is 5.69 Å². The Morgan fingerprint density at radius 2 is 1.83 bits per heavy atom. The largest absolute Gasteiger partial charge is 0.391 e. The summed E-state index contributed by atoms with van der Waals surface area (Å²) in [5.41, 5.74) is 2.53. The SMILES string of the molecule is CCCc1ccc(NC2CCCCCC2O)cc1. The number of benzene rings is 1. The topological polar surface area (TPSA) is 32.3 Å². The minimum atomic E-state index is -0.192. The number of hydrogen-bond acceptors (Lipinski definition) is 2. The summed E-state index contributed by atoms with van der Waals surface area (Å²) >= 11 is 0. The lowest BCUT2D eigenvalue weighted by Gasteiger charge is -2.23. The molecule has 0 amide bonds. The van der Waals surface area contributed by atoms with Gasteiger partial charge in [0.05, 0.1) is 12.1 Å². The molecule has 0 spiro atoms. The van der Waals surface area contributed by atoms with Crippen LogP contribution in [0.25, 0.3) is 0 Å². The Balaban J connectivity index is 1.94. The molecule has 2 atom stereocenters. The number of aryl methyl sites for hydroxylation is 1. The molecule has 1 fully saturated rings. The van der Waals surface area contributed by atoms with Gasteiger partial charge in [0.2, 0.25) is 0 Å². The van der Waals surface area contributed by atoms with Crippen LogP contribution in [0.5, 0.6) is 0 Å². The molecule has 1 aliphatic carbocycles. The highest BCUT2D eigenvalue weighted by Gasteiger charge is 2.21. The molecular formula is C16H25NO. The zero-order valence-corrected chi connectivity index (χ0v) is 11.4. The van der Waals surface area contributed by atoms with Crippen molar-refractivity contribution in [1.29, 1.82) is 0 Å². The molecule has 18 heavy (non-hydrogen) atoms. The van der Waals surface area contributed by atoms with Gasteiger partial charge in [-0.1, -0.05) is 44.7 Å². The van der Waals surface area contributed by atoms with E-state index in [2.05, 4.69) is 36.5 Å². The molecule has 0 heterocycles. The first kappa shape index (κ1) is 13.4. The number of aliphatic hydroxyl groups is 1. The summed E-state index contributed by atoms with van der Waals surface area (Å²) in [4.78, 5) is 0. The quantitative estimate of drug-likeness (QED) is 0.794. The molecule has 1 aromatic rings. The van der Waals surface area contributed by atoms with Crippen molar-refractivity contribution in [2.24, 2.45) is 0 Å². The van der Waals surface area contributed by atoms with Gasteiger partial charge < -0.3 is 10.4 Å². The standard InChI is InChI=1S/C16H25NO/c1-2-6-13-9-11-14(12-10-13)17-15-7-4-3-5-8-16(15)18/h9-12,15-18H,2-8H2,1H3. The van der Waals surface area contributed by atoms with E-state index >= 15 is 0 Å². The molecule has 2 rings (SSSR count). The molecule has 1 saturated carbocycles. The number of aliphatic hydroxyl groups excluding tert-OH is 1. The summed E-state index contributed by atoms with van der Waals surface area (Å²) in [6, 6.07) is 8.89. The second kappa shape index (κ2) is 6.79. The van der Waals surface area contributed by atoms with Crippen LogP contribution < -0.4 is 5.32 Å². The van der Waals surface area contributed by atoms with Gasteiger partial charge in [0, 0.05) is 5.69 Å². The third-order valence-electron chi connectivity index (χ3n) is 3.82. The lowest BCUT2D eigenvalue weighted by molar-refractivity contribution is 0.144. The zero-order valence-electron chi connectivity index (χ0n) is 11.4. The highest BCUT2D eigenvalue weighted by atomic mass is 16.3. The number of rotatable bonds is 4. The van der Waals surface area contributed by atoms with Crippen LogP contribution in [0.3, 0.4) is 0 Å². The maximum atomic E-state index is 10.1. The molecule has 0 bridgehead atoms. The van der Waals surface area contributed by atoms with Crippen LogP contribution >= 0.6 is 0 Å². The van der Waals surface area contributed by atoms with Crippen molar-refractivity contribution in [1.82, 2.24) is 0 Å². The zero-order chi connectivity index (χ0) is 12.8. The van der Waals surface area contributed by atoms with E-state index in [0.717, 1.165) is 31.4 Å². The highest BCUT2D eigenvalue weighted by Crippen LogP contribution is 2.22. The molecule has 0 aromatic heterocycles.